The normalized spacial score (nSPS) is 15.2. The van der Waals surface area contributed by atoms with Crippen LogP contribution in [-0.4, -0.2) is 17.3 Å². The molecule has 0 aliphatic carbocycles. The van der Waals surface area contributed by atoms with Crippen molar-refractivity contribution in [2.75, 3.05) is 7.11 Å². The predicted molar refractivity (Wildman–Crippen MR) is 111 cm³/mol. The summed E-state index contributed by atoms with van der Waals surface area (Å²) in [5, 5.41) is 16.8. The maximum Gasteiger partial charge on any atom is 0.244 e. The molecule has 0 spiro atoms. The number of aryl methyl sites for hydroxylation is 2. The van der Waals surface area contributed by atoms with Gasteiger partial charge in [-0.15, -0.1) is 5.10 Å². The van der Waals surface area contributed by atoms with Gasteiger partial charge in [0.15, 0.2) is 0 Å². The smallest absolute Gasteiger partial charge is 0.244 e. The molecule has 2 aromatic carbocycles. The Balaban J connectivity index is 1.75. The number of methoxy groups -OCH3 is 1. The molecule has 30 heavy (non-hydrogen) atoms. The van der Waals surface area contributed by atoms with Crippen molar-refractivity contribution >= 4 is 0 Å². The van der Waals surface area contributed by atoms with Crippen molar-refractivity contribution in [3.8, 4) is 23.4 Å². The van der Waals surface area contributed by atoms with Crippen LogP contribution in [0.4, 0.5) is 0 Å². The molecule has 7 nitrogen and oxygen atoms in total. The number of nitrogens with two attached hydrogens (primary N) is 1. The molecule has 3 aromatic rings. The van der Waals surface area contributed by atoms with Crippen LogP contribution in [0.3, 0.4) is 0 Å². The Hall–Kier alpha value is -3.92. The van der Waals surface area contributed by atoms with Gasteiger partial charge in [0.25, 0.3) is 0 Å². The van der Waals surface area contributed by atoms with E-state index in [0.29, 0.717) is 23.8 Å². The number of aromatic nitrogens is 2. The lowest BCUT2D eigenvalue weighted by Crippen LogP contribution is -2.21. The summed E-state index contributed by atoms with van der Waals surface area (Å²) in [6.45, 7) is 4.22. The van der Waals surface area contributed by atoms with Crippen LogP contribution in [0.5, 0.6) is 17.4 Å². The maximum absolute atomic E-state index is 9.75. The summed E-state index contributed by atoms with van der Waals surface area (Å²) in [6.07, 6.45) is 0. The first kappa shape index (κ1) is 19.4. The van der Waals surface area contributed by atoms with Crippen molar-refractivity contribution in [2.45, 2.75) is 26.4 Å². The highest BCUT2D eigenvalue weighted by Crippen LogP contribution is 2.43. The first-order chi connectivity index (χ1) is 14.5. The summed E-state index contributed by atoms with van der Waals surface area (Å²) in [7, 11) is 1.62. The van der Waals surface area contributed by atoms with Crippen molar-refractivity contribution in [1.29, 1.82) is 5.26 Å². The van der Waals surface area contributed by atoms with Gasteiger partial charge < -0.3 is 19.9 Å². The number of benzene rings is 2. The van der Waals surface area contributed by atoms with E-state index in [9.17, 15) is 5.26 Å². The second-order valence-corrected chi connectivity index (χ2v) is 7.12. The van der Waals surface area contributed by atoms with Gasteiger partial charge in [0.05, 0.1) is 13.0 Å². The molecule has 152 valence electrons. The third kappa shape index (κ3) is 3.33. The Kier molecular flexibility index (Phi) is 5.07. The van der Waals surface area contributed by atoms with Crippen LogP contribution in [0.15, 0.2) is 53.9 Å². The van der Waals surface area contributed by atoms with E-state index in [1.54, 1.807) is 7.11 Å². The Bertz CT molecular complexity index is 1170. The van der Waals surface area contributed by atoms with Crippen LogP contribution in [-0.2, 0) is 6.61 Å². The number of H-pyrrole nitrogens is 1. The molecule has 4 rings (SSSR count). The molecular weight excluding hydrogens is 380 g/mol. The number of hydrogen-bond donors (Lipinski definition) is 2. The molecule has 1 atom stereocenters. The molecule has 0 saturated carbocycles. The van der Waals surface area contributed by atoms with Crippen LogP contribution in [0.2, 0.25) is 0 Å². The zero-order valence-corrected chi connectivity index (χ0v) is 17.0. The lowest BCUT2D eigenvalue weighted by Gasteiger charge is -2.24. The fraction of sp³-hybridized carbons (Fsp3) is 0.217. The SMILES string of the molecule is COc1ccc([C@H]2C(C#N)=C(N)Oc3n[nH]c(C)c32)cc1COc1ccccc1C. The number of hydrogen-bond acceptors (Lipinski definition) is 6. The average molecular weight is 402 g/mol. The third-order valence-corrected chi connectivity index (χ3v) is 5.24. The summed E-state index contributed by atoms with van der Waals surface area (Å²) in [5.41, 5.74) is 10.8. The van der Waals surface area contributed by atoms with Gasteiger partial charge in [-0.1, -0.05) is 24.3 Å². The fourth-order valence-electron chi connectivity index (χ4n) is 3.70. The molecule has 0 bridgehead atoms. The highest BCUT2D eigenvalue weighted by Gasteiger charge is 2.34. The predicted octanol–water partition coefficient (Wildman–Crippen LogP) is 3.83. The lowest BCUT2D eigenvalue weighted by atomic mass is 9.83. The molecule has 3 N–H and O–H groups in total. The van der Waals surface area contributed by atoms with Gasteiger partial charge in [0, 0.05) is 16.8 Å². The van der Waals surface area contributed by atoms with E-state index in [1.807, 2.05) is 56.3 Å². The van der Waals surface area contributed by atoms with Gasteiger partial charge in [0.1, 0.15) is 29.7 Å². The molecule has 0 amide bonds. The van der Waals surface area contributed by atoms with Crippen molar-refractivity contribution in [2.24, 2.45) is 5.73 Å². The second kappa shape index (κ2) is 7.84. The van der Waals surface area contributed by atoms with Crippen LogP contribution < -0.4 is 19.9 Å². The van der Waals surface area contributed by atoms with E-state index in [0.717, 1.165) is 33.7 Å². The molecule has 0 saturated heterocycles. The van der Waals surface area contributed by atoms with Crippen LogP contribution in [0.25, 0.3) is 0 Å². The highest BCUT2D eigenvalue weighted by atomic mass is 16.5. The maximum atomic E-state index is 9.75. The zero-order chi connectivity index (χ0) is 21.3. The average Bonchev–Trinajstić information content (AvgIpc) is 3.12. The summed E-state index contributed by atoms with van der Waals surface area (Å²) >= 11 is 0. The molecule has 0 unspecified atom stereocenters. The molecule has 2 heterocycles. The summed E-state index contributed by atoms with van der Waals surface area (Å²) in [4.78, 5) is 0. The van der Waals surface area contributed by atoms with Crippen molar-refractivity contribution < 1.29 is 14.2 Å². The Morgan fingerprint density at radius 2 is 2.00 bits per heavy atom. The van der Waals surface area contributed by atoms with E-state index < -0.39 is 0 Å². The van der Waals surface area contributed by atoms with Gasteiger partial charge >= 0.3 is 0 Å². The number of nitrogens with zero attached hydrogens (tertiary/aromatic N) is 2. The molecular formula is C23H22N4O3. The van der Waals surface area contributed by atoms with Crippen LogP contribution in [0, 0.1) is 25.2 Å². The molecule has 1 aliphatic heterocycles. The van der Waals surface area contributed by atoms with Gasteiger partial charge in [-0.3, -0.25) is 5.10 Å². The molecule has 0 fully saturated rings. The minimum Gasteiger partial charge on any atom is -0.496 e. The third-order valence-electron chi connectivity index (χ3n) is 5.24. The van der Waals surface area contributed by atoms with Crippen LogP contribution in [0.1, 0.15) is 33.9 Å². The zero-order valence-electron chi connectivity index (χ0n) is 17.0. The van der Waals surface area contributed by atoms with Crippen molar-refractivity contribution in [3.05, 3.63) is 81.9 Å². The number of aromatic amines is 1. The molecule has 0 radical (unpaired) electrons. The number of allylic oxidation sites excluding steroid dienone is 1. The Morgan fingerprint density at radius 3 is 2.73 bits per heavy atom. The summed E-state index contributed by atoms with van der Waals surface area (Å²) in [5.74, 6) is 1.59. The minimum absolute atomic E-state index is 0.0648. The van der Waals surface area contributed by atoms with Gasteiger partial charge in [-0.2, -0.15) is 5.26 Å². The van der Waals surface area contributed by atoms with E-state index in [-0.39, 0.29) is 11.8 Å². The largest absolute Gasteiger partial charge is 0.496 e. The standard InChI is InChI=1S/C23H22N4O3/c1-13-6-4-5-7-18(13)29-12-16-10-15(8-9-19(16)28-3)21-17(11-24)22(25)30-23-20(21)14(2)26-27-23/h4-10,21H,12,25H2,1-3H3,(H,26,27)/t21-/m0/s1. The first-order valence-electron chi connectivity index (χ1n) is 9.51. The van der Waals surface area contributed by atoms with Gasteiger partial charge in [-0.05, 0) is 43.2 Å². The number of fused-ring (bicyclic) bond motifs is 1. The summed E-state index contributed by atoms with van der Waals surface area (Å²) in [6, 6.07) is 15.8. The molecule has 7 heteroatoms. The Morgan fingerprint density at radius 1 is 1.20 bits per heavy atom. The number of rotatable bonds is 5. The van der Waals surface area contributed by atoms with Gasteiger partial charge in [-0.25, -0.2) is 0 Å². The topological polar surface area (TPSA) is 106 Å². The van der Waals surface area contributed by atoms with Crippen LogP contribution >= 0.6 is 0 Å². The summed E-state index contributed by atoms with van der Waals surface area (Å²) < 4.78 is 17.1. The highest BCUT2D eigenvalue weighted by molar-refractivity contribution is 5.56. The number of nitrogens with one attached hydrogen (secondary N) is 1. The number of nitriles is 1. The fourth-order valence-corrected chi connectivity index (χ4v) is 3.70. The lowest BCUT2D eigenvalue weighted by molar-refractivity contribution is 0.294. The molecule has 1 aliphatic rings. The first-order valence-corrected chi connectivity index (χ1v) is 9.51. The van der Waals surface area contributed by atoms with Crippen molar-refractivity contribution in [3.63, 3.8) is 0 Å². The Labute approximate surface area is 174 Å². The van der Waals surface area contributed by atoms with E-state index in [1.165, 1.54) is 0 Å². The second-order valence-electron chi connectivity index (χ2n) is 7.12. The number of para-hydroxylation sites is 1. The van der Waals surface area contributed by atoms with E-state index >= 15 is 0 Å². The quantitative estimate of drug-likeness (QED) is 0.672. The monoisotopic (exact) mass is 402 g/mol. The minimum atomic E-state index is -0.388. The van der Waals surface area contributed by atoms with E-state index in [2.05, 4.69) is 16.3 Å². The van der Waals surface area contributed by atoms with Gasteiger partial charge in [0.2, 0.25) is 11.8 Å². The van der Waals surface area contributed by atoms with E-state index in [4.69, 9.17) is 19.9 Å². The molecule has 1 aromatic heterocycles. The number of ether oxygens (including phenoxy) is 3. The van der Waals surface area contributed by atoms with Crippen molar-refractivity contribution in [1.82, 2.24) is 10.2 Å².